The summed E-state index contributed by atoms with van der Waals surface area (Å²) in [7, 11) is 0. The molecule has 1 aliphatic carbocycles. The molecule has 0 bridgehead atoms. The van der Waals surface area contributed by atoms with Crippen LogP contribution >= 0.6 is 0 Å². The number of hydrogen-bond donors (Lipinski definition) is 2. The van der Waals surface area contributed by atoms with E-state index in [-0.39, 0.29) is 31.4 Å². The molecule has 22 heavy (non-hydrogen) atoms. The monoisotopic (exact) mass is 310 g/mol. The fourth-order valence-corrected chi connectivity index (χ4v) is 2.83. The maximum Gasteiger partial charge on any atom is 0.333 e. The maximum atomic E-state index is 11.8. The van der Waals surface area contributed by atoms with E-state index in [2.05, 4.69) is 6.58 Å². The third-order valence-electron chi connectivity index (χ3n) is 4.37. The molecule has 6 nitrogen and oxygen atoms in total. The number of rotatable bonds is 7. The van der Waals surface area contributed by atoms with E-state index < -0.39 is 28.7 Å². The molecule has 0 aromatic heterocycles. The lowest BCUT2D eigenvalue weighted by Gasteiger charge is -2.43. The predicted octanol–water partition coefficient (Wildman–Crippen LogP) is 2.40. The Morgan fingerprint density at radius 2 is 1.91 bits per heavy atom. The van der Waals surface area contributed by atoms with Gasteiger partial charge in [0.05, 0.1) is 17.4 Å². The van der Waals surface area contributed by atoms with Crippen LogP contribution < -0.4 is 0 Å². The molecule has 1 aliphatic rings. The quantitative estimate of drug-likeness (QED) is 0.324. The maximum absolute atomic E-state index is 11.8. The van der Waals surface area contributed by atoms with E-state index in [0.29, 0.717) is 6.42 Å². The van der Waals surface area contributed by atoms with Crippen molar-refractivity contribution in [3.63, 3.8) is 0 Å². The van der Waals surface area contributed by atoms with Gasteiger partial charge in [0.1, 0.15) is 0 Å². The molecule has 0 saturated heterocycles. The topological polar surface area (TPSA) is 101 Å². The van der Waals surface area contributed by atoms with Crippen molar-refractivity contribution in [3.8, 4) is 0 Å². The molecule has 2 unspecified atom stereocenters. The number of carboxylic acids is 2. The van der Waals surface area contributed by atoms with Crippen molar-refractivity contribution in [2.24, 2.45) is 10.8 Å². The second-order valence-electron chi connectivity index (χ2n) is 5.86. The second-order valence-corrected chi connectivity index (χ2v) is 5.86. The summed E-state index contributed by atoms with van der Waals surface area (Å²) in [6.07, 6.45) is 4.33. The van der Waals surface area contributed by atoms with E-state index in [0.717, 1.165) is 0 Å². The fraction of sp³-hybridized carbons (Fsp3) is 0.562. The Kier molecular flexibility index (Phi) is 5.52. The highest BCUT2D eigenvalue weighted by Crippen LogP contribution is 2.51. The van der Waals surface area contributed by atoms with Crippen LogP contribution in [0.5, 0.6) is 0 Å². The Balaban J connectivity index is 2.86. The Bertz CT molecular complexity index is 521. The van der Waals surface area contributed by atoms with Gasteiger partial charge in [0.15, 0.2) is 0 Å². The Morgan fingerprint density at radius 1 is 1.27 bits per heavy atom. The molecule has 0 aromatic rings. The van der Waals surface area contributed by atoms with Gasteiger partial charge >= 0.3 is 17.9 Å². The number of carboxylic acid groups (broad SMARTS) is 2. The van der Waals surface area contributed by atoms with Gasteiger partial charge in [-0.25, -0.2) is 4.79 Å². The lowest BCUT2D eigenvalue weighted by atomic mass is 9.57. The van der Waals surface area contributed by atoms with Gasteiger partial charge in [-0.1, -0.05) is 18.7 Å². The standard InChI is InChI=1S/C16H22O6/c1-11(2)12(17)22-10-6-9-16(14(20)21)8-5-4-7-15(16,3)13(18)19/h4,7H,1,5-6,8-10H2,2-3H3,(H,18,19)(H,20,21). The molecule has 0 heterocycles. The number of allylic oxidation sites excluding steroid dienone is 1. The first-order chi connectivity index (χ1) is 10.2. The van der Waals surface area contributed by atoms with E-state index in [4.69, 9.17) is 4.74 Å². The van der Waals surface area contributed by atoms with Gasteiger partial charge in [-0.3, -0.25) is 9.59 Å². The molecule has 0 radical (unpaired) electrons. The Labute approximate surface area is 129 Å². The number of aliphatic carboxylic acids is 2. The van der Waals surface area contributed by atoms with Crippen molar-refractivity contribution in [2.75, 3.05) is 6.61 Å². The van der Waals surface area contributed by atoms with E-state index >= 15 is 0 Å². The van der Waals surface area contributed by atoms with Crippen molar-refractivity contribution in [3.05, 3.63) is 24.3 Å². The molecule has 2 N–H and O–H groups in total. The molecule has 122 valence electrons. The number of carbonyl (C=O) groups excluding carboxylic acids is 1. The van der Waals surface area contributed by atoms with Crippen LogP contribution in [-0.2, 0) is 19.1 Å². The van der Waals surface area contributed by atoms with Gasteiger partial charge in [-0.2, -0.15) is 0 Å². The van der Waals surface area contributed by atoms with Gasteiger partial charge in [0.25, 0.3) is 0 Å². The molecule has 0 spiro atoms. The third kappa shape index (κ3) is 3.21. The fourth-order valence-electron chi connectivity index (χ4n) is 2.83. The van der Waals surface area contributed by atoms with E-state index in [1.54, 1.807) is 6.08 Å². The average Bonchev–Trinajstić information content (AvgIpc) is 2.44. The van der Waals surface area contributed by atoms with Gasteiger partial charge in [0.2, 0.25) is 0 Å². The minimum atomic E-state index is -1.48. The number of esters is 1. The first kappa shape index (κ1) is 17.9. The molecular formula is C16H22O6. The van der Waals surface area contributed by atoms with E-state index in [9.17, 15) is 24.6 Å². The minimum absolute atomic E-state index is 0.0418. The molecule has 0 amide bonds. The van der Waals surface area contributed by atoms with Gasteiger partial charge < -0.3 is 14.9 Å². The summed E-state index contributed by atoms with van der Waals surface area (Å²) >= 11 is 0. The van der Waals surface area contributed by atoms with Crippen LogP contribution in [-0.4, -0.2) is 34.7 Å². The molecule has 0 saturated carbocycles. The molecule has 0 aliphatic heterocycles. The van der Waals surface area contributed by atoms with Crippen LogP contribution in [0.1, 0.15) is 39.5 Å². The lowest BCUT2D eigenvalue weighted by molar-refractivity contribution is -0.171. The average molecular weight is 310 g/mol. The van der Waals surface area contributed by atoms with Gasteiger partial charge in [-0.15, -0.1) is 0 Å². The van der Waals surface area contributed by atoms with E-state index in [1.165, 1.54) is 19.9 Å². The van der Waals surface area contributed by atoms with Crippen LogP contribution in [0.4, 0.5) is 0 Å². The second kappa shape index (κ2) is 6.77. The Morgan fingerprint density at radius 3 is 2.41 bits per heavy atom. The highest BCUT2D eigenvalue weighted by atomic mass is 16.5. The van der Waals surface area contributed by atoms with Crippen LogP contribution in [0.3, 0.4) is 0 Å². The predicted molar refractivity (Wildman–Crippen MR) is 79.2 cm³/mol. The zero-order valence-electron chi connectivity index (χ0n) is 12.9. The van der Waals surface area contributed by atoms with Crippen molar-refractivity contribution in [1.29, 1.82) is 0 Å². The minimum Gasteiger partial charge on any atom is -0.481 e. The highest BCUT2D eigenvalue weighted by molar-refractivity contribution is 5.88. The Hall–Kier alpha value is -2.11. The lowest BCUT2D eigenvalue weighted by Crippen LogP contribution is -2.51. The van der Waals surface area contributed by atoms with Crippen LogP contribution in [0, 0.1) is 10.8 Å². The third-order valence-corrected chi connectivity index (χ3v) is 4.37. The summed E-state index contributed by atoms with van der Waals surface area (Å²) in [5, 5.41) is 19.1. The molecule has 0 fully saturated rings. The molecule has 1 rings (SSSR count). The normalized spacial score (nSPS) is 27.2. The van der Waals surface area contributed by atoms with E-state index in [1.807, 2.05) is 0 Å². The van der Waals surface area contributed by atoms with Crippen molar-refractivity contribution in [1.82, 2.24) is 0 Å². The highest BCUT2D eigenvalue weighted by Gasteiger charge is 2.57. The summed E-state index contributed by atoms with van der Waals surface area (Å²) in [5.74, 6) is -2.83. The molecule has 2 atom stereocenters. The van der Waals surface area contributed by atoms with Crippen molar-refractivity contribution < 1.29 is 29.3 Å². The summed E-state index contributed by atoms with van der Waals surface area (Å²) in [6, 6.07) is 0. The van der Waals surface area contributed by atoms with Gasteiger partial charge in [0, 0.05) is 5.57 Å². The zero-order chi connectivity index (χ0) is 17.0. The first-order valence-electron chi connectivity index (χ1n) is 7.14. The smallest absolute Gasteiger partial charge is 0.333 e. The van der Waals surface area contributed by atoms with Crippen LogP contribution in [0.2, 0.25) is 0 Å². The zero-order valence-corrected chi connectivity index (χ0v) is 12.9. The number of hydrogen-bond acceptors (Lipinski definition) is 4. The SMILES string of the molecule is C=C(C)C(=O)OCCCC1(C(=O)O)CCC=CC1(C)C(=O)O. The summed E-state index contributed by atoms with van der Waals surface area (Å²) in [5.41, 5.74) is -2.61. The summed E-state index contributed by atoms with van der Waals surface area (Å²) in [4.78, 5) is 34.7. The summed E-state index contributed by atoms with van der Waals surface area (Å²) in [6.45, 7) is 6.45. The van der Waals surface area contributed by atoms with Gasteiger partial charge in [-0.05, 0) is 39.5 Å². The number of carbonyl (C=O) groups is 3. The first-order valence-corrected chi connectivity index (χ1v) is 7.14. The van der Waals surface area contributed by atoms with Crippen molar-refractivity contribution in [2.45, 2.75) is 39.5 Å². The van der Waals surface area contributed by atoms with Crippen molar-refractivity contribution >= 4 is 17.9 Å². The molecular weight excluding hydrogens is 288 g/mol. The largest absolute Gasteiger partial charge is 0.481 e. The van der Waals surface area contributed by atoms with Crippen LogP contribution in [0.15, 0.2) is 24.3 Å². The summed E-state index contributed by atoms with van der Waals surface area (Å²) < 4.78 is 4.95. The molecule has 0 aromatic carbocycles. The number of ether oxygens (including phenoxy) is 1. The van der Waals surface area contributed by atoms with Crippen LogP contribution in [0.25, 0.3) is 0 Å². The molecule has 6 heteroatoms.